The Kier molecular flexibility index (Phi) is 2.78. The highest BCUT2D eigenvalue weighted by molar-refractivity contribution is 5.80. The molecule has 2 heteroatoms. The van der Waals surface area contributed by atoms with E-state index in [9.17, 15) is 4.79 Å². The summed E-state index contributed by atoms with van der Waals surface area (Å²) in [6.45, 7) is 2.41. The maximum absolute atomic E-state index is 11.7. The minimum Gasteiger partial charge on any atom is -0.300 e. The SMILES string of the molecule is CC(C1CCC1)N1C2CCCC1CC(=O)C2. The Morgan fingerprint density at radius 2 is 1.62 bits per heavy atom. The molecule has 3 atom stereocenters. The molecule has 16 heavy (non-hydrogen) atoms. The van der Waals surface area contributed by atoms with Crippen molar-refractivity contribution in [3.05, 3.63) is 0 Å². The number of hydrogen-bond donors (Lipinski definition) is 0. The highest BCUT2D eigenvalue weighted by Crippen LogP contribution is 2.40. The van der Waals surface area contributed by atoms with Gasteiger partial charge < -0.3 is 0 Å². The quantitative estimate of drug-likeness (QED) is 0.714. The summed E-state index contributed by atoms with van der Waals surface area (Å²) in [5.41, 5.74) is 0. The Hall–Kier alpha value is -0.370. The summed E-state index contributed by atoms with van der Waals surface area (Å²) in [5.74, 6) is 1.45. The van der Waals surface area contributed by atoms with E-state index in [1.165, 1.54) is 38.5 Å². The van der Waals surface area contributed by atoms with Crippen LogP contribution >= 0.6 is 0 Å². The van der Waals surface area contributed by atoms with Crippen molar-refractivity contribution in [3.63, 3.8) is 0 Å². The van der Waals surface area contributed by atoms with E-state index in [1.54, 1.807) is 0 Å². The van der Waals surface area contributed by atoms with Crippen molar-refractivity contribution in [1.29, 1.82) is 0 Å². The lowest BCUT2D eigenvalue weighted by Crippen LogP contribution is -2.58. The largest absolute Gasteiger partial charge is 0.300 e. The predicted molar refractivity (Wildman–Crippen MR) is 64.3 cm³/mol. The number of carbonyl (C=O) groups excluding carboxylic acids is 1. The normalized spacial score (nSPS) is 38.2. The molecule has 0 aromatic carbocycles. The summed E-state index contributed by atoms with van der Waals surface area (Å²) < 4.78 is 0. The molecule has 90 valence electrons. The van der Waals surface area contributed by atoms with Crippen LogP contribution < -0.4 is 0 Å². The van der Waals surface area contributed by atoms with E-state index in [-0.39, 0.29) is 0 Å². The van der Waals surface area contributed by atoms with Gasteiger partial charge in [-0.15, -0.1) is 0 Å². The van der Waals surface area contributed by atoms with E-state index < -0.39 is 0 Å². The minimum atomic E-state index is 0.520. The number of ketones is 1. The van der Waals surface area contributed by atoms with Crippen LogP contribution in [0.4, 0.5) is 0 Å². The van der Waals surface area contributed by atoms with Gasteiger partial charge >= 0.3 is 0 Å². The molecular formula is C14H23NO. The second-order valence-electron chi connectivity index (χ2n) is 6.06. The number of rotatable bonds is 2. The van der Waals surface area contributed by atoms with Gasteiger partial charge in [-0.3, -0.25) is 9.69 Å². The lowest BCUT2D eigenvalue weighted by atomic mass is 9.75. The van der Waals surface area contributed by atoms with Crippen molar-refractivity contribution in [2.75, 3.05) is 0 Å². The number of nitrogens with zero attached hydrogens (tertiary/aromatic N) is 1. The van der Waals surface area contributed by atoms with E-state index in [0.29, 0.717) is 17.9 Å². The zero-order valence-electron chi connectivity index (χ0n) is 10.3. The third-order valence-corrected chi connectivity index (χ3v) is 5.15. The van der Waals surface area contributed by atoms with Crippen LogP contribution in [0, 0.1) is 5.92 Å². The second kappa shape index (κ2) is 4.14. The monoisotopic (exact) mass is 221 g/mol. The van der Waals surface area contributed by atoms with Gasteiger partial charge in [-0.05, 0) is 38.5 Å². The zero-order chi connectivity index (χ0) is 11.1. The Labute approximate surface area is 98.4 Å². The number of carbonyl (C=O) groups is 1. The molecular weight excluding hydrogens is 198 g/mol. The van der Waals surface area contributed by atoms with Gasteiger partial charge in [0, 0.05) is 31.0 Å². The topological polar surface area (TPSA) is 20.3 Å². The second-order valence-corrected chi connectivity index (χ2v) is 6.06. The van der Waals surface area contributed by atoms with E-state index in [2.05, 4.69) is 11.8 Å². The zero-order valence-corrected chi connectivity index (χ0v) is 10.3. The van der Waals surface area contributed by atoms with Gasteiger partial charge in [-0.25, -0.2) is 0 Å². The van der Waals surface area contributed by atoms with Crippen LogP contribution in [0.25, 0.3) is 0 Å². The molecule has 0 spiro atoms. The van der Waals surface area contributed by atoms with Crippen molar-refractivity contribution in [2.24, 2.45) is 5.92 Å². The molecule has 2 bridgehead atoms. The molecule has 0 amide bonds. The van der Waals surface area contributed by atoms with Crippen molar-refractivity contribution in [1.82, 2.24) is 4.90 Å². The summed E-state index contributed by atoms with van der Waals surface area (Å²) in [5, 5.41) is 0. The Morgan fingerprint density at radius 1 is 1.06 bits per heavy atom. The third kappa shape index (κ3) is 1.71. The standard InChI is InChI=1S/C14H23NO/c1-10(11-4-2-5-11)15-12-6-3-7-13(15)9-14(16)8-12/h10-13H,2-9H2,1H3. The highest BCUT2D eigenvalue weighted by Gasteiger charge is 2.42. The molecule has 0 aromatic rings. The average molecular weight is 221 g/mol. The maximum atomic E-state index is 11.7. The number of piperidine rings is 2. The number of Topliss-reactive ketones (excluding diaryl/α,β-unsaturated/α-hetero) is 1. The van der Waals surface area contributed by atoms with Gasteiger partial charge in [-0.1, -0.05) is 12.8 Å². The van der Waals surface area contributed by atoms with Gasteiger partial charge in [0.1, 0.15) is 5.78 Å². The summed E-state index contributed by atoms with van der Waals surface area (Å²) in [4.78, 5) is 14.4. The summed E-state index contributed by atoms with van der Waals surface area (Å²) in [6, 6.07) is 1.92. The molecule has 3 rings (SSSR count). The van der Waals surface area contributed by atoms with Crippen LogP contribution in [0.5, 0.6) is 0 Å². The van der Waals surface area contributed by atoms with Crippen molar-refractivity contribution in [2.45, 2.75) is 76.4 Å². The number of fused-ring (bicyclic) bond motifs is 2. The van der Waals surface area contributed by atoms with Crippen LogP contribution in [0.3, 0.4) is 0 Å². The Bertz CT molecular complexity index is 268. The van der Waals surface area contributed by atoms with Crippen molar-refractivity contribution >= 4 is 5.78 Å². The van der Waals surface area contributed by atoms with Crippen molar-refractivity contribution in [3.8, 4) is 0 Å². The van der Waals surface area contributed by atoms with Crippen LogP contribution in [0.15, 0.2) is 0 Å². The molecule has 1 saturated carbocycles. The Morgan fingerprint density at radius 3 is 2.12 bits per heavy atom. The van der Waals surface area contributed by atoms with Crippen LogP contribution in [0.1, 0.15) is 58.3 Å². The lowest BCUT2D eigenvalue weighted by Gasteiger charge is -2.52. The van der Waals surface area contributed by atoms with E-state index >= 15 is 0 Å². The lowest BCUT2D eigenvalue weighted by molar-refractivity contribution is -0.130. The van der Waals surface area contributed by atoms with Crippen molar-refractivity contribution < 1.29 is 4.79 Å². The first kappa shape index (κ1) is 10.8. The van der Waals surface area contributed by atoms with Crippen LogP contribution in [-0.2, 0) is 4.79 Å². The van der Waals surface area contributed by atoms with E-state index in [0.717, 1.165) is 24.8 Å². The van der Waals surface area contributed by atoms with Crippen LogP contribution in [0.2, 0.25) is 0 Å². The Balaban J connectivity index is 1.75. The molecule has 2 saturated heterocycles. The van der Waals surface area contributed by atoms with Gasteiger partial charge in [0.25, 0.3) is 0 Å². The molecule has 2 nitrogen and oxygen atoms in total. The van der Waals surface area contributed by atoms with Crippen LogP contribution in [-0.4, -0.2) is 28.8 Å². The molecule has 0 radical (unpaired) electrons. The summed E-state index contributed by atoms with van der Waals surface area (Å²) in [7, 11) is 0. The fourth-order valence-electron chi connectivity index (χ4n) is 4.04. The molecule has 3 fully saturated rings. The summed E-state index contributed by atoms with van der Waals surface area (Å²) >= 11 is 0. The van der Waals surface area contributed by atoms with E-state index in [1.807, 2.05) is 0 Å². The first-order valence-corrected chi connectivity index (χ1v) is 7.05. The molecule has 2 aliphatic heterocycles. The first-order valence-electron chi connectivity index (χ1n) is 7.05. The minimum absolute atomic E-state index is 0.520. The smallest absolute Gasteiger partial charge is 0.136 e. The first-order chi connectivity index (χ1) is 7.75. The third-order valence-electron chi connectivity index (χ3n) is 5.15. The van der Waals surface area contributed by atoms with Gasteiger partial charge in [0.2, 0.25) is 0 Å². The predicted octanol–water partition coefficient (Wildman–Crippen LogP) is 2.76. The fraction of sp³-hybridized carbons (Fsp3) is 0.929. The summed E-state index contributed by atoms with van der Waals surface area (Å²) in [6.07, 6.45) is 9.82. The average Bonchev–Trinajstić information content (AvgIpc) is 2.12. The maximum Gasteiger partial charge on any atom is 0.136 e. The molecule has 2 heterocycles. The van der Waals surface area contributed by atoms with Gasteiger partial charge in [0.15, 0.2) is 0 Å². The molecule has 3 aliphatic rings. The van der Waals surface area contributed by atoms with Gasteiger partial charge in [0.05, 0.1) is 0 Å². The van der Waals surface area contributed by atoms with Gasteiger partial charge in [-0.2, -0.15) is 0 Å². The fourth-order valence-corrected chi connectivity index (χ4v) is 4.04. The molecule has 0 aromatic heterocycles. The molecule has 3 unspecified atom stereocenters. The van der Waals surface area contributed by atoms with E-state index in [4.69, 9.17) is 0 Å². The molecule has 1 aliphatic carbocycles. The number of hydrogen-bond acceptors (Lipinski definition) is 2. The highest BCUT2D eigenvalue weighted by atomic mass is 16.1. The molecule has 0 N–H and O–H groups in total.